The normalized spacial score (nSPS) is 13.5. The van der Waals surface area contributed by atoms with Gasteiger partial charge in [-0.2, -0.15) is 0 Å². The zero-order chi connectivity index (χ0) is 23.7. The number of benzene rings is 3. The number of anilines is 3. The molecular formula is C24H16F3N3O3. The van der Waals surface area contributed by atoms with E-state index in [1.807, 2.05) is 0 Å². The molecule has 3 aromatic rings. The van der Waals surface area contributed by atoms with E-state index in [4.69, 9.17) is 0 Å². The van der Waals surface area contributed by atoms with Crippen molar-refractivity contribution in [2.45, 2.75) is 6.92 Å². The van der Waals surface area contributed by atoms with E-state index >= 15 is 0 Å². The van der Waals surface area contributed by atoms with Crippen molar-refractivity contribution in [1.29, 1.82) is 0 Å². The van der Waals surface area contributed by atoms with E-state index in [2.05, 4.69) is 10.6 Å². The lowest BCUT2D eigenvalue weighted by atomic mass is 10.0. The number of carbonyl (C=O) groups is 3. The van der Waals surface area contributed by atoms with Crippen LogP contribution < -0.4 is 15.5 Å². The molecule has 6 nitrogen and oxygen atoms in total. The topological polar surface area (TPSA) is 78.5 Å². The number of amides is 3. The van der Waals surface area contributed by atoms with Crippen LogP contribution in [0.4, 0.5) is 30.2 Å². The van der Waals surface area contributed by atoms with Crippen molar-refractivity contribution in [2.24, 2.45) is 0 Å². The van der Waals surface area contributed by atoms with Crippen LogP contribution in [0, 0.1) is 17.5 Å². The van der Waals surface area contributed by atoms with E-state index in [0.29, 0.717) is 16.2 Å². The lowest BCUT2D eigenvalue weighted by molar-refractivity contribution is -0.120. The lowest BCUT2D eigenvalue weighted by Gasteiger charge is -2.16. The third-order valence-electron chi connectivity index (χ3n) is 4.86. The van der Waals surface area contributed by atoms with Crippen molar-refractivity contribution < 1.29 is 27.6 Å². The molecule has 3 amide bonds. The van der Waals surface area contributed by atoms with Crippen LogP contribution in [-0.2, 0) is 14.4 Å². The number of nitrogens with one attached hydrogen (secondary N) is 2. The molecule has 1 aliphatic heterocycles. The Kier molecular flexibility index (Phi) is 5.70. The van der Waals surface area contributed by atoms with Gasteiger partial charge < -0.3 is 10.6 Å². The fraction of sp³-hybridized carbons (Fsp3) is 0.0417. The second kappa shape index (κ2) is 8.62. The van der Waals surface area contributed by atoms with Gasteiger partial charge in [0.1, 0.15) is 11.5 Å². The molecule has 0 aliphatic carbocycles. The quantitative estimate of drug-likeness (QED) is 0.562. The highest BCUT2D eigenvalue weighted by molar-refractivity contribution is 6.46. The Morgan fingerprint density at radius 3 is 2.09 bits per heavy atom. The standard InChI is InChI=1S/C24H16F3N3O3/c1-13(31)28-15-8-6-14(7-9-15)21-22(29-16-10-11-17(25)19(27)12-16)24(33)30(23(21)32)20-5-3-2-4-18(20)26/h2-12,29H,1H3,(H,28,31). The van der Waals surface area contributed by atoms with Gasteiger partial charge in [-0.15, -0.1) is 0 Å². The first-order valence-electron chi connectivity index (χ1n) is 9.74. The Morgan fingerprint density at radius 2 is 1.45 bits per heavy atom. The van der Waals surface area contributed by atoms with E-state index in [1.165, 1.54) is 55.5 Å². The Bertz CT molecular complexity index is 1320. The number of carbonyl (C=O) groups excluding carboxylic acids is 3. The fourth-order valence-corrected chi connectivity index (χ4v) is 3.41. The van der Waals surface area contributed by atoms with Gasteiger partial charge in [0.05, 0.1) is 11.3 Å². The summed E-state index contributed by atoms with van der Waals surface area (Å²) in [6.45, 7) is 1.34. The smallest absolute Gasteiger partial charge is 0.282 e. The van der Waals surface area contributed by atoms with E-state index < -0.39 is 29.3 Å². The van der Waals surface area contributed by atoms with Crippen LogP contribution in [0.15, 0.2) is 72.4 Å². The van der Waals surface area contributed by atoms with Gasteiger partial charge in [-0.25, -0.2) is 18.1 Å². The highest BCUT2D eigenvalue weighted by Crippen LogP contribution is 2.35. The molecule has 9 heteroatoms. The fourth-order valence-electron chi connectivity index (χ4n) is 3.41. The average Bonchev–Trinajstić information content (AvgIpc) is 3.01. The van der Waals surface area contributed by atoms with Crippen LogP contribution in [0.25, 0.3) is 5.57 Å². The van der Waals surface area contributed by atoms with Crippen molar-refractivity contribution in [3.05, 3.63) is 95.4 Å². The molecule has 0 radical (unpaired) electrons. The summed E-state index contributed by atoms with van der Waals surface area (Å²) in [5, 5.41) is 5.26. The number of imide groups is 1. The molecule has 3 aromatic carbocycles. The third kappa shape index (κ3) is 4.20. The van der Waals surface area contributed by atoms with E-state index in [1.54, 1.807) is 0 Å². The summed E-state index contributed by atoms with van der Waals surface area (Å²) in [5.74, 6) is -4.97. The SMILES string of the molecule is CC(=O)Nc1ccc(C2=C(Nc3ccc(F)c(F)c3)C(=O)N(c3ccccc3F)C2=O)cc1. The second-order valence-corrected chi connectivity index (χ2v) is 7.16. The molecule has 0 spiro atoms. The van der Waals surface area contributed by atoms with Gasteiger partial charge in [0, 0.05) is 24.4 Å². The summed E-state index contributed by atoms with van der Waals surface area (Å²) in [7, 11) is 0. The molecule has 0 fully saturated rings. The molecule has 0 unspecified atom stereocenters. The molecule has 0 bridgehead atoms. The van der Waals surface area contributed by atoms with Gasteiger partial charge in [-0.3, -0.25) is 14.4 Å². The van der Waals surface area contributed by atoms with E-state index in [9.17, 15) is 27.6 Å². The van der Waals surface area contributed by atoms with Gasteiger partial charge >= 0.3 is 0 Å². The van der Waals surface area contributed by atoms with E-state index in [0.717, 1.165) is 18.2 Å². The summed E-state index contributed by atoms with van der Waals surface area (Å²) >= 11 is 0. The maximum atomic E-state index is 14.4. The minimum Gasteiger partial charge on any atom is -0.350 e. The van der Waals surface area contributed by atoms with Crippen molar-refractivity contribution in [1.82, 2.24) is 0 Å². The van der Waals surface area contributed by atoms with Crippen LogP contribution >= 0.6 is 0 Å². The van der Waals surface area contributed by atoms with Crippen molar-refractivity contribution in [2.75, 3.05) is 15.5 Å². The first kappa shape index (κ1) is 21.8. The number of halogens is 3. The highest BCUT2D eigenvalue weighted by atomic mass is 19.2. The number of hydrogen-bond donors (Lipinski definition) is 2. The molecule has 0 saturated heterocycles. The third-order valence-corrected chi connectivity index (χ3v) is 4.86. The summed E-state index contributed by atoms with van der Waals surface area (Å²) in [6.07, 6.45) is 0. The molecule has 166 valence electrons. The lowest BCUT2D eigenvalue weighted by Crippen LogP contribution is -2.33. The predicted molar refractivity (Wildman–Crippen MR) is 117 cm³/mol. The maximum absolute atomic E-state index is 14.4. The molecule has 0 atom stereocenters. The molecule has 1 aliphatic rings. The number of para-hydroxylation sites is 1. The van der Waals surface area contributed by atoms with Gasteiger partial charge in [-0.1, -0.05) is 24.3 Å². The summed E-state index contributed by atoms with van der Waals surface area (Å²) in [6, 6.07) is 14.3. The van der Waals surface area contributed by atoms with Crippen LogP contribution in [0.2, 0.25) is 0 Å². The summed E-state index contributed by atoms with van der Waals surface area (Å²) < 4.78 is 41.5. The van der Waals surface area contributed by atoms with Crippen LogP contribution in [0.1, 0.15) is 12.5 Å². The molecule has 0 aromatic heterocycles. The Balaban J connectivity index is 1.81. The summed E-state index contributed by atoms with van der Waals surface area (Å²) in [5.41, 5.74) is 0.203. The molecule has 0 saturated carbocycles. The van der Waals surface area contributed by atoms with Gasteiger partial charge in [-0.05, 0) is 42.0 Å². The Hall–Kier alpha value is -4.40. The number of hydrogen-bond acceptors (Lipinski definition) is 4. The van der Waals surface area contributed by atoms with Crippen LogP contribution in [-0.4, -0.2) is 17.7 Å². The zero-order valence-corrected chi connectivity index (χ0v) is 17.2. The first-order chi connectivity index (χ1) is 15.8. The van der Waals surface area contributed by atoms with Crippen LogP contribution in [0.5, 0.6) is 0 Å². The Morgan fingerprint density at radius 1 is 0.788 bits per heavy atom. The number of rotatable bonds is 5. The van der Waals surface area contributed by atoms with E-state index in [-0.39, 0.29) is 28.6 Å². The van der Waals surface area contributed by atoms with Crippen LogP contribution in [0.3, 0.4) is 0 Å². The van der Waals surface area contributed by atoms with Crippen molar-refractivity contribution >= 4 is 40.4 Å². The summed E-state index contributed by atoms with van der Waals surface area (Å²) in [4.78, 5) is 38.4. The van der Waals surface area contributed by atoms with Crippen molar-refractivity contribution in [3.63, 3.8) is 0 Å². The maximum Gasteiger partial charge on any atom is 0.282 e. The van der Waals surface area contributed by atoms with Gasteiger partial charge in [0.15, 0.2) is 11.6 Å². The monoisotopic (exact) mass is 451 g/mol. The minimum absolute atomic E-state index is 0.0211. The molecule has 2 N–H and O–H groups in total. The van der Waals surface area contributed by atoms with Gasteiger partial charge in [0.25, 0.3) is 11.8 Å². The average molecular weight is 451 g/mol. The minimum atomic E-state index is -1.15. The molecule has 33 heavy (non-hydrogen) atoms. The Labute approximate surface area is 186 Å². The van der Waals surface area contributed by atoms with Crippen molar-refractivity contribution in [3.8, 4) is 0 Å². The number of nitrogens with zero attached hydrogens (tertiary/aromatic N) is 1. The first-order valence-corrected chi connectivity index (χ1v) is 9.74. The second-order valence-electron chi connectivity index (χ2n) is 7.16. The largest absolute Gasteiger partial charge is 0.350 e. The predicted octanol–water partition coefficient (Wildman–Crippen LogP) is 4.46. The molecule has 4 rings (SSSR count). The molecular weight excluding hydrogens is 435 g/mol. The molecule has 1 heterocycles. The zero-order valence-electron chi connectivity index (χ0n) is 17.2. The highest BCUT2D eigenvalue weighted by Gasteiger charge is 2.41. The van der Waals surface area contributed by atoms with Gasteiger partial charge in [0.2, 0.25) is 5.91 Å².